The van der Waals surface area contributed by atoms with E-state index in [0.29, 0.717) is 13.0 Å². The third-order valence-corrected chi connectivity index (χ3v) is 2.96. The normalized spacial score (nSPS) is 15.4. The molecule has 0 aromatic rings. The van der Waals surface area contributed by atoms with E-state index in [4.69, 9.17) is 5.73 Å². The highest BCUT2D eigenvalue weighted by molar-refractivity contribution is 5.87. The summed E-state index contributed by atoms with van der Waals surface area (Å²) in [6.45, 7) is 10.2. The predicted octanol–water partition coefficient (Wildman–Crippen LogP) is 1.85. The number of hydrogen-bond acceptors (Lipinski definition) is 2. The highest BCUT2D eigenvalue weighted by Gasteiger charge is 2.39. The Morgan fingerprint density at radius 3 is 2.22 bits per heavy atom. The third kappa shape index (κ3) is 4.90. The first kappa shape index (κ1) is 16.7. The van der Waals surface area contributed by atoms with Gasteiger partial charge in [0.15, 0.2) is 0 Å². The molecule has 0 aliphatic carbocycles. The summed E-state index contributed by atoms with van der Waals surface area (Å²) in [5.41, 5.74) is 5.15. The fourth-order valence-corrected chi connectivity index (χ4v) is 2.16. The Labute approximate surface area is 110 Å². The number of amides is 2. The third-order valence-electron chi connectivity index (χ3n) is 2.96. The van der Waals surface area contributed by atoms with Gasteiger partial charge in [0.2, 0.25) is 11.8 Å². The quantitative estimate of drug-likeness (QED) is 0.710. The second-order valence-corrected chi connectivity index (χ2v) is 5.55. The lowest BCUT2D eigenvalue weighted by molar-refractivity contribution is -0.137. The lowest BCUT2D eigenvalue weighted by Crippen LogP contribution is -2.46. The van der Waals surface area contributed by atoms with Crippen LogP contribution in [-0.2, 0) is 9.59 Å². The zero-order valence-electron chi connectivity index (χ0n) is 12.1. The van der Waals surface area contributed by atoms with Gasteiger partial charge in [-0.15, -0.1) is 0 Å². The van der Waals surface area contributed by atoms with Crippen LogP contribution in [0.15, 0.2) is 12.2 Å². The number of primary amides is 1. The number of rotatable bonds is 6. The van der Waals surface area contributed by atoms with Crippen LogP contribution in [0.25, 0.3) is 0 Å². The summed E-state index contributed by atoms with van der Waals surface area (Å²) >= 11 is 0. The predicted molar refractivity (Wildman–Crippen MR) is 73.7 cm³/mol. The highest BCUT2D eigenvalue weighted by Crippen LogP contribution is 2.34. The Bertz CT molecular complexity index is 316. The second kappa shape index (κ2) is 7.19. The molecule has 0 rings (SSSR count). The molecule has 18 heavy (non-hydrogen) atoms. The summed E-state index contributed by atoms with van der Waals surface area (Å²) in [5.74, 6) is -1.39. The molecule has 104 valence electrons. The minimum Gasteiger partial charge on any atom is -0.369 e. The second-order valence-electron chi connectivity index (χ2n) is 5.55. The van der Waals surface area contributed by atoms with Gasteiger partial charge in [-0.25, -0.2) is 0 Å². The van der Waals surface area contributed by atoms with Gasteiger partial charge in [0.05, 0.1) is 11.8 Å². The average molecular weight is 254 g/mol. The minimum atomic E-state index is -0.465. The molecule has 0 aromatic carbocycles. The molecule has 0 spiro atoms. The van der Waals surface area contributed by atoms with E-state index in [-0.39, 0.29) is 11.3 Å². The van der Waals surface area contributed by atoms with Gasteiger partial charge in [-0.3, -0.25) is 9.59 Å². The van der Waals surface area contributed by atoms with Gasteiger partial charge in [-0.2, -0.15) is 0 Å². The van der Waals surface area contributed by atoms with Gasteiger partial charge in [-0.1, -0.05) is 32.9 Å². The maximum Gasteiger partial charge on any atom is 0.224 e. The summed E-state index contributed by atoms with van der Waals surface area (Å²) in [7, 11) is 0. The van der Waals surface area contributed by atoms with Crippen molar-refractivity contribution in [2.45, 2.75) is 41.0 Å². The van der Waals surface area contributed by atoms with E-state index in [2.05, 4.69) is 5.32 Å². The Hall–Kier alpha value is -1.32. The Morgan fingerprint density at radius 1 is 1.33 bits per heavy atom. The average Bonchev–Trinajstić information content (AvgIpc) is 2.21. The van der Waals surface area contributed by atoms with Crippen LogP contribution < -0.4 is 11.1 Å². The summed E-state index contributed by atoms with van der Waals surface area (Å²) in [6.07, 6.45) is 4.26. The maximum atomic E-state index is 12.2. The van der Waals surface area contributed by atoms with Crippen molar-refractivity contribution in [3.63, 3.8) is 0 Å². The topological polar surface area (TPSA) is 72.2 Å². The molecule has 2 atom stereocenters. The molecule has 0 unspecified atom stereocenters. The Morgan fingerprint density at radius 2 is 1.89 bits per heavy atom. The Kier molecular flexibility index (Phi) is 6.66. The number of allylic oxidation sites excluding steroid dienone is 2. The van der Waals surface area contributed by atoms with Gasteiger partial charge in [0.25, 0.3) is 0 Å². The minimum absolute atomic E-state index is 0.0988. The first-order chi connectivity index (χ1) is 8.25. The molecular formula is C14H26N2O2. The lowest BCUT2D eigenvalue weighted by Gasteiger charge is -2.34. The number of hydrogen-bond donors (Lipinski definition) is 2. The van der Waals surface area contributed by atoms with E-state index in [9.17, 15) is 9.59 Å². The van der Waals surface area contributed by atoms with E-state index < -0.39 is 17.7 Å². The van der Waals surface area contributed by atoms with Gasteiger partial charge in [0, 0.05) is 6.54 Å². The van der Waals surface area contributed by atoms with Crippen molar-refractivity contribution < 1.29 is 9.59 Å². The number of nitrogens with one attached hydrogen (secondary N) is 1. The first-order valence-corrected chi connectivity index (χ1v) is 6.43. The molecule has 4 nitrogen and oxygen atoms in total. The van der Waals surface area contributed by atoms with E-state index in [1.165, 1.54) is 0 Å². The molecule has 0 saturated heterocycles. The lowest BCUT2D eigenvalue weighted by atomic mass is 9.71. The van der Waals surface area contributed by atoms with Crippen molar-refractivity contribution in [1.82, 2.24) is 5.32 Å². The van der Waals surface area contributed by atoms with Gasteiger partial charge in [-0.05, 0) is 25.7 Å². The molecule has 0 aliphatic rings. The molecule has 0 heterocycles. The number of nitrogens with two attached hydrogens (primary N) is 1. The summed E-state index contributed by atoms with van der Waals surface area (Å²) in [6, 6.07) is 0. The van der Waals surface area contributed by atoms with Crippen molar-refractivity contribution in [2.75, 3.05) is 6.54 Å². The fraction of sp³-hybridized carbons (Fsp3) is 0.714. The van der Waals surface area contributed by atoms with Gasteiger partial charge in [0.1, 0.15) is 0 Å². The molecule has 0 radical (unpaired) electrons. The van der Waals surface area contributed by atoms with Crippen molar-refractivity contribution in [3.8, 4) is 0 Å². The van der Waals surface area contributed by atoms with Crippen LogP contribution in [0.5, 0.6) is 0 Å². The first-order valence-electron chi connectivity index (χ1n) is 6.43. The zero-order chi connectivity index (χ0) is 14.3. The standard InChI is InChI=1S/C14H26N2O2/c1-6-8-9-10(12(15)17)11(14(3,4)5)13(18)16-7-2/h6,8,10-11H,7,9H2,1-5H3,(H2,15,17)(H,16,18)/b8-6+/t10-,11+/m0/s1. The van der Waals surface area contributed by atoms with Crippen LogP contribution in [-0.4, -0.2) is 18.4 Å². The maximum absolute atomic E-state index is 12.2. The highest BCUT2D eigenvalue weighted by atomic mass is 16.2. The van der Waals surface area contributed by atoms with E-state index in [1.54, 1.807) is 0 Å². The molecule has 4 heteroatoms. The molecule has 0 fully saturated rings. The van der Waals surface area contributed by atoms with E-state index in [0.717, 1.165) is 0 Å². The molecule has 0 aromatic heterocycles. The van der Waals surface area contributed by atoms with Crippen LogP contribution in [0.2, 0.25) is 0 Å². The number of carbonyl (C=O) groups is 2. The van der Waals surface area contributed by atoms with Crippen LogP contribution in [0.4, 0.5) is 0 Å². The Balaban J connectivity index is 5.23. The van der Waals surface area contributed by atoms with Crippen molar-refractivity contribution in [2.24, 2.45) is 23.0 Å². The zero-order valence-corrected chi connectivity index (χ0v) is 12.1. The van der Waals surface area contributed by atoms with Gasteiger partial charge >= 0.3 is 0 Å². The van der Waals surface area contributed by atoms with E-state index >= 15 is 0 Å². The monoisotopic (exact) mass is 254 g/mol. The molecule has 0 aliphatic heterocycles. The smallest absolute Gasteiger partial charge is 0.224 e. The molecule has 2 amide bonds. The van der Waals surface area contributed by atoms with Crippen molar-refractivity contribution >= 4 is 11.8 Å². The van der Waals surface area contributed by atoms with Gasteiger partial charge < -0.3 is 11.1 Å². The van der Waals surface area contributed by atoms with Crippen LogP contribution >= 0.6 is 0 Å². The van der Waals surface area contributed by atoms with Crippen LogP contribution in [0, 0.1) is 17.3 Å². The van der Waals surface area contributed by atoms with Crippen molar-refractivity contribution in [3.05, 3.63) is 12.2 Å². The van der Waals surface area contributed by atoms with Crippen molar-refractivity contribution in [1.29, 1.82) is 0 Å². The molecule has 0 bridgehead atoms. The largest absolute Gasteiger partial charge is 0.369 e. The summed E-state index contributed by atoms with van der Waals surface area (Å²) < 4.78 is 0. The number of carbonyl (C=O) groups excluding carboxylic acids is 2. The molecule has 3 N–H and O–H groups in total. The summed E-state index contributed by atoms with van der Waals surface area (Å²) in [4.78, 5) is 23.8. The fourth-order valence-electron chi connectivity index (χ4n) is 2.16. The van der Waals surface area contributed by atoms with Crippen LogP contribution in [0.3, 0.4) is 0 Å². The SMILES string of the molecule is C/C=C/C[C@H](C(N)=O)[C@H](C(=O)NCC)C(C)(C)C. The van der Waals surface area contributed by atoms with E-state index in [1.807, 2.05) is 46.8 Å². The summed E-state index contributed by atoms with van der Waals surface area (Å²) in [5, 5.41) is 2.79. The van der Waals surface area contributed by atoms with Crippen LogP contribution in [0.1, 0.15) is 41.0 Å². The molecular weight excluding hydrogens is 228 g/mol. The molecule has 0 saturated carbocycles.